The summed E-state index contributed by atoms with van der Waals surface area (Å²) < 4.78 is 10.6. The second-order valence-electron chi connectivity index (χ2n) is 12.0. The third-order valence-corrected chi connectivity index (χ3v) is 10.8. The lowest BCUT2D eigenvalue weighted by Crippen LogP contribution is -2.59. The molecule has 4 rings (SSSR count). The number of hydrogen-bond acceptors (Lipinski definition) is 6. The molecular weight excluding hydrogens is 436 g/mol. The van der Waals surface area contributed by atoms with Crippen molar-refractivity contribution in [3.63, 3.8) is 0 Å². The van der Waals surface area contributed by atoms with Gasteiger partial charge in [-0.1, -0.05) is 20.8 Å². The van der Waals surface area contributed by atoms with Gasteiger partial charge in [0.1, 0.15) is 11.9 Å². The predicted octanol–water partition coefficient (Wildman–Crippen LogP) is 4.41. The Balaban J connectivity index is 1.65. The molecule has 7 heteroatoms. The van der Waals surface area contributed by atoms with Crippen LogP contribution in [0, 0.1) is 46.3 Å². The highest BCUT2D eigenvalue weighted by Gasteiger charge is 2.65. The number of ketones is 1. The van der Waals surface area contributed by atoms with Crippen LogP contribution in [0.4, 0.5) is 0 Å². The van der Waals surface area contributed by atoms with Gasteiger partial charge in [0.25, 0.3) is 0 Å². The summed E-state index contributed by atoms with van der Waals surface area (Å²) in [7, 11) is 1.40. The Hall–Kier alpha value is -1.92. The number of hydrogen-bond donors (Lipinski definition) is 1. The third-order valence-electron chi connectivity index (χ3n) is 10.8. The molecule has 0 spiro atoms. The molecular formula is C27H40O7. The van der Waals surface area contributed by atoms with Crippen LogP contribution in [0.1, 0.15) is 85.0 Å². The lowest BCUT2D eigenvalue weighted by Gasteiger charge is -2.62. The van der Waals surface area contributed by atoms with Crippen LogP contribution in [-0.4, -0.2) is 42.0 Å². The lowest BCUT2D eigenvalue weighted by molar-refractivity contribution is -0.199. The number of Topliss-reactive ketones (excluding diaryl/α,β-unsaturated/α-hetero) is 1. The molecule has 0 aromatic rings. The molecule has 1 unspecified atom stereocenters. The summed E-state index contributed by atoms with van der Waals surface area (Å²) in [5, 5.41) is 9.32. The average molecular weight is 477 g/mol. The monoisotopic (exact) mass is 476 g/mol. The van der Waals surface area contributed by atoms with Crippen LogP contribution in [0.15, 0.2) is 0 Å². The SMILES string of the molecule is COC(=O)CC[C@@H](C)[C@H]1CC[C@H]2[C@@H]3CCC4CC(=O)CC[C@]4(C)[C@H]3C[C@H](OC(=O)C(=O)O)[C@]12C. The highest BCUT2D eigenvalue weighted by Crippen LogP contribution is 2.68. The zero-order valence-corrected chi connectivity index (χ0v) is 21.0. The molecule has 1 N–H and O–H groups in total. The summed E-state index contributed by atoms with van der Waals surface area (Å²) in [6.45, 7) is 6.69. The number of rotatable bonds is 5. The molecule has 0 aromatic carbocycles. The summed E-state index contributed by atoms with van der Waals surface area (Å²) >= 11 is 0. The van der Waals surface area contributed by atoms with Gasteiger partial charge in [-0.05, 0) is 85.9 Å². The number of carboxylic acids is 1. The van der Waals surface area contributed by atoms with E-state index >= 15 is 0 Å². The smallest absolute Gasteiger partial charge is 0.417 e. The number of carboxylic acid groups (broad SMARTS) is 1. The van der Waals surface area contributed by atoms with Crippen molar-refractivity contribution in [2.45, 2.75) is 91.1 Å². The molecule has 4 aliphatic rings. The fourth-order valence-corrected chi connectivity index (χ4v) is 8.95. The second kappa shape index (κ2) is 9.27. The number of methoxy groups -OCH3 is 1. The number of ether oxygens (including phenoxy) is 2. The van der Waals surface area contributed by atoms with Crippen LogP contribution in [0.3, 0.4) is 0 Å². The van der Waals surface area contributed by atoms with Gasteiger partial charge in [0.05, 0.1) is 7.11 Å². The van der Waals surface area contributed by atoms with Crippen molar-refractivity contribution in [2.24, 2.45) is 46.3 Å². The topological polar surface area (TPSA) is 107 Å². The van der Waals surface area contributed by atoms with E-state index in [4.69, 9.17) is 9.47 Å². The summed E-state index contributed by atoms with van der Waals surface area (Å²) in [5.74, 6) is -0.573. The van der Waals surface area contributed by atoms with Crippen molar-refractivity contribution in [1.29, 1.82) is 0 Å². The first kappa shape index (κ1) is 25.2. The van der Waals surface area contributed by atoms with Crippen LogP contribution in [-0.2, 0) is 28.7 Å². The summed E-state index contributed by atoms with van der Waals surface area (Å²) in [6.07, 6.45) is 7.57. The first-order valence-corrected chi connectivity index (χ1v) is 13.0. The Labute approximate surface area is 202 Å². The highest BCUT2D eigenvalue weighted by molar-refractivity contribution is 6.28. The molecule has 4 fully saturated rings. The summed E-state index contributed by atoms with van der Waals surface area (Å²) in [5.41, 5.74) is -0.296. The number of fused-ring (bicyclic) bond motifs is 5. The molecule has 0 bridgehead atoms. The van der Waals surface area contributed by atoms with Gasteiger partial charge in [0.15, 0.2) is 0 Å². The Morgan fingerprint density at radius 3 is 2.53 bits per heavy atom. The molecule has 4 saturated carbocycles. The molecule has 0 aromatic heterocycles. The third kappa shape index (κ3) is 4.07. The van der Waals surface area contributed by atoms with Crippen molar-refractivity contribution in [2.75, 3.05) is 7.11 Å². The van der Waals surface area contributed by atoms with Crippen LogP contribution >= 0.6 is 0 Å². The van der Waals surface area contributed by atoms with Crippen molar-refractivity contribution >= 4 is 23.7 Å². The van der Waals surface area contributed by atoms with Crippen LogP contribution < -0.4 is 0 Å². The van der Waals surface area contributed by atoms with E-state index in [1.807, 2.05) is 0 Å². The molecule has 0 heterocycles. The van der Waals surface area contributed by atoms with E-state index in [-0.39, 0.29) is 28.6 Å². The zero-order valence-electron chi connectivity index (χ0n) is 21.0. The molecule has 34 heavy (non-hydrogen) atoms. The van der Waals surface area contributed by atoms with Gasteiger partial charge < -0.3 is 14.6 Å². The van der Waals surface area contributed by atoms with Crippen molar-refractivity contribution in [3.8, 4) is 0 Å². The predicted molar refractivity (Wildman–Crippen MR) is 124 cm³/mol. The fourth-order valence-electron chi connectivity index (χ4n) is 8.95. The van der Waals surface area contributed by atoms with Crippen LogP contribution in [0.2, 0.25) is 0 Å². The first-order valence-electron chi connectivity index (χ1n) is 13.0. The summed E-state index contributed by atoms with van der Waals surface area (Å²) in [6, 6.07) is 0. The minimum absolute atomic E-state index is 0.0284. The van der Waals surface area contributed by atoms with Crippen LogP contribution in [0.5, 0.6) is 0 Å². The Morgan fingerprint density at radius 2 is 1.85 bits per heavy atom. The molecule has 0 amide bonds. The fraction of sp³-hybridized carbons (Fsp3) is 0.852. The first-order chi connectivity index (χ1) is 16.0. The van der Waals surface area contributed by atoms with Crippen molar-refractivity contribution < 1.29 is 33.8 Å². The van der Waals surface area contributed by atoms with E-state index in [1.165, 1.54) is 7.11 Å². The van der Waals surface area contributed by atoms with Gasteiger partial charge >= 0.3 is 17.9 Å². The molecule has 0 aliphatic heterocycles. The maximum Gasteiger partial charge on any atom is 0.417 e. The van der Waals surface area contributed by atoms with Gasteiger partial charge in [0.2, 0.25) is 0 Å². The highest BCUT2D eigenvalue weighted by atomic mass is 16.6. The standard InChI is InChI=1S/C27H40O7/c1-15(5-10-23(29)33-4)19-8-9-20-18-7-6-16-13-17(28)11-12-26(16,2)21(18)14-22(27(19,20)3)34-25(32)24(30)31/h15-16,18-22H,5-14H2,1-4H3,(H,30,31)/t15-,16?,18+,19-,20+,21+,22+,26+,27-/m1/s1. The van der Waals surface area contributed by atoms with E-state index < -0.39 is 18.0 Å². The molecule has 190 valence electrons. The second-order valence-corrected chi connectivity index (χ2v) is 12.0. The Morgan fingerprint density at radius 1 is 1.12 bits per heavy atom. The maximum atomic E-state index is 12.3. The maximum absolute atomic E-state index is 12.3. The number of aliphatic carboxylic acids is 1. The van der Waals surface area contributed by atoms with Gasteiger partial charge in [-0.15, -0.1) is 0 Å². The van der Waals surface area contributed by atoms with E-state index in [0.29, 0.717) is 61.6 Å². The van der Waals surface area contributed by atoms with E-state index in [9.17, 15) is 24.3 Å². The minimum Gasteiger partial charge on any atom is -0.473 e. The largest absolute Gasteiger partial charge is 0.473 e. The lowest BCUT2D eigenvalue weighted by atomic mass is 9.43. The van der Waals surface area contributed by atoms with Crippen LogP contribution in [0.25, 0.3) is 0 Å². The molecule has 0 radical (unpaired) electrons. The quantitative estimate of drug-likeness (QED) is 0.463. The van der Waals surface area contributed by atoms with E-state index in [2.05, 4.69) is 20.8 Å². The molecule has 0 saturated heterocycles. The molecule has 9 atom stereocenters. The minimum atomic E-state index is -1.55. The van der Waals surface area contributed by atoms with Crippen molar-refractivity contribution in [3.05, 3.63) is 0 Å². The average Bonchev–Trinajstić information content (AvgIpc) is 3.16. The van der Waals surface area contributed by atoms with Gasteiger partial charge in [-0.2, -0.15) is 0 Å². The normalized spacial score (nSPS) is 42.1. The Bertz CT molecular complexity index is 852. The Kier molecular flexibility index (Phi) is 6.87. The van der Waals surface area contributed by atoms with Crippen molar-refractivity contribution in [1.82, 2.24) is 0 Å². The number of carbonyl (C=O) groups excluding carboxylic acids is 3. The summed E-state index contributed by atoms with van der Waals surface area (Å²) in [4.78, 5) is 47.8. The van der Waals surface area contributed by atoms with E-state index in [1.54, 1.807) is 0 Å². The van der Waals surface area contributed by atoms with E-state index in [0.717, 1.165) is 32.1 Å². The number of carbonyl (C=O) groups is 4. The van der Waals surface area contributed by atoms with Gasteiger partial charge in [0, 0.05) is 24.7 Å². The molecule has 4 aliphatic carbocycles. The zero-order chi connectivity index (χ0) is 24.8. The molecule has 7 nitrogen and oxygen atoms in total. The van der Waals surface area contributed by atoms with Gasteiger partial charge in [-0.3, -0.25) is 9.59 Å². The van der Waals surface area contributed by atoms with Gasteiger partial charge in [-0.25, -0.2) is 9.59 Å². The number of esters is 2.